The predicted octanol–water partition coefficient (Wildman–Crippen LogP) is -0.287. The lowest BCUT2D eigenvalue weighted by Crippen LogP contribution is -2.47. The van der Waals surface area contributed by atoms with Crippen LogP contribution in [0.25, 0.3) is 0 Å². The molecule has 0 amide bonds. The number of aliphatic hydroxyl groups is 1. The van der Waals surface area contributed by atoms with Gasteiger partial charge in [0, 0.05) is 6.42 Å². The summed E-state index contributed by atoms with van der Waals surface area (Å²) in [6.07, 6.45) is 0.496. The fourth-order valence-corrected chi connectivity index (χ4v) is 0.429. The molecule has 10 heavy (non-hydrogen) atoms. The zero-order chi connectivity index (χ0) is 8.20. The standard InChI is InChI=1S/C6H16N2O2/c1-3-5(7)10-6(8,9)4-2/h5,9H,3-4,7-8H2,1-2H3. The normalized spacial score (nSPS) is 20.1. The van der Waals surface area contributed by atoms with E-state index in [1.807, 2.05) is 6.92 Å². The molecule has 5 N–H and O–H groups in total. The Bertz CT molecular complexity index is 95.7. The van der Waals surface area contributed by atoms with E-state index < -0.39 is 12.1 Å². The van der Waals surface area contributed by atoms with Crippen LogP contribution in [0, 0.1) is 0 Å². The molecule has 4 nitrogen and oxygen atoms in total. The molecule has 0 aliphatic heterocycles. The molecule has 62 valence electrons. The molecule has 0 heterocycles. The Morgan fingerprint density at radius 3 is 2.40 bits per heavy atom. The number of nitrogens with two attached hydrogens (primary N) is 2. The second-order valence-electron chi connectivity index (χ2n) is 2.26. The molecule has 0 bridgehead atoms. The molecule has 0 aliphatic carbocycles. The molecule has 4 heteroatoms. The van der Waals surface area contributed by atoms with Gasteiger partial charge in [-0.3, -0.25) is 5.73 Å². The van der Waals surface area contributed by atoms with Gasteiger partial charge in [-0.2, -0.15) is 0 Å². The largest absolute Gasteiger partial charge is 0.353 e. The van der Waals surface area contributed by atoms with Gasteiger partial charge in [-0.1, -0.05) is 13.8 Å². The minimum atomic E-state index is -1.56. The van der Waals surface area contributed by atoms with Gasteiger partial charge in [-0.25, -0.2) is 0 Å². The third kappa shape index (κ3) is 3.79. The van der Waals surface area contributed by atoms with E-state index in [0.29, 0.717) is 12.8 Å². The summed E-state index contributed by atoms with van der Waals surface area (Å²) in [6.45, 7) is 3.58. The molecule has 0 aliphatic rings. The van der Waals surface area contributed by atoms with E-state index in [1.54, 1.807) is 6.92 Å². The van der Waals surface area contributed by atoms with Crippen molar-refractivity contribution in [3.8, 4) is 0 Å². The maximum atomic E-state index is 9.10. The highest BCUT2D eigenvalue weighted by atomic mass is 16.7. The van der Waals surface area contributed by atoms with Crippen LogP contribution >= 0.6 is 0 Å². The molecular formula is C6H16N2O2. The van der Waals surface area contributed by atoms with Crippen LogP contribution in [0.3, 0.4) is 0 Å². The van der Waals surface area contributed by atoms with Crippen molar-refractivity contribution in [1.82, 2.24) is 0 Å². The highest BCUT2D eigenvalue weighted by molar-refractivity contribution is 4.56. The van der Waals surface area contributed by atoms with Gasteiger partial charge in [0.2, 0.25) is 5.91 Å². The van der Waals surface area contributed by atoms with Crippen molar-refractivity contribution in [3.63, 3.8) is 0 Å². The number of hydrogen-bond donors (Lipinski definition) is 3. The first-order valence-electron chi connectivity index (χ1n) is 3.46. The summed E-state index contributed by atoms with van der Waals surface area (Å²) >= 11 is 0. The molecule has 0 radical (unpaired) electrons. The van der Waals surface area contributed by atoms with E-state index in [9.17, 15) is 0 Å². The third-order valence-corrected chi connectivity index (χ3v) is 1.26. The first-order valence-corrected chi connectivity index (χ1v) is 3.46. The van der Waals surface area contributed by atoms with Gasteiger partial charge in [0.15, 0.2) is 0 Å². The molecule has 2 atom stereocenters. The van der Waals surface area contributed by atoms with Crippen LogP contribution in [0.5, 0.6) is 0 Å². The van der Waals surface area contributed by atoms with Gasteiger partial charge >= 0.3 is 0 Å². The summed E-state index contributed by atoms with van der Waals surface area (Å²) < 4.78 is 4.85. The number of rotatable bonds is 4. The van der Waals surface area contributed by atoms with Crippen LogP contribution in [-0.2, 0) is 4.74 Å². The highest BCUT2D eigenvalue weighted by Crippen LogP contribution is 2.05. The van der Waals surface area contributed by atoms with Crippen molar-refractivity contribution in [2.45, 2.75) is 38.8 Å². The Kier molecular flexibility index (Phi) is 3.81. The molecular weight excluding hydrogens is 132 g/mol. The van der Waals surface area contributed by atoms with E-state index in [4.69, 9.17) is 21.3 Å². The van der Waals surface area contributed by atoms with E-state index in [0.717, 1.165) is 0 Å². The number of hydrogen-bond acceptors (Lipinski definition) is 4. The molecule has 0 aromatic heterocycles. The fraction of sp³-hybridized carbons (Fsp3) is 1.00. The van der Waals surface area contributed by atoms with Crippen LogP contribution in [-0.4, -0.2) is 17.2 Å². The number of ether oxygens (including phenoxy) is 1. The second-order valence-corrected chi connectivity index (χ2v) is 2.26. The topological polar surface area (TPSA) is 81.5 Å². The van der Waals surface area contributed by atoms with Crippen LogP contribution in [0.4, 0.5) is 0 Å². The van der Waals surface area contributed by atoms with Crippen molar-refractivity contribution in [1.29, 1.82) is 0 Å². The van der Waals surface area contributed by atoms with Crippen molar-refractivity contribution < 1.29 is 9.84 Å². The zero-order valence-corrected chi connectivity index (χ0v) is 6.50. The van der Waals surface area contributed by atoms with Gasteiger partial charge in [-0.05, 0) is 6.42 Å². The molecule has 0 spiro atoms. The predicted molar refractivity (Wildman–Crippen MR) is 38.8 cm³/mol. The summed E-state index contributed by atoms with van der Waals surface area (Å²) in [5.74, 6) is -1.56. The smallest absolute Gasteiger partial charge is 0.223 e. The summed E-state index contributed by atoms with van der Waals surface area (Å²) in [7, 11) is 0. The van der Waals surface area contributed by atoms with Gasteiger partial charge in [0.1, 0.15) is 6.23 Å². The van der Waals surface area contributed by atoms with Gasteiger partial charge in [0.05, 0.1) is 0 Å². The lowest BCUT2D eigenvalue weighted by molar-refractivity contribution is -0.227. The van der Waals surface area contributed by atoms with Crippen LogP contribution < -0.4 is 11.5 Å². The van der Waals surface area contributed by atoms with Gasteiger partial charge < -0.3 is 15.6 Å². The quantitative estimate of drug-likeness (QED) is 0.479. The van der Waals surface area contributed by atoms with Crippen molar-refractivity contribution in [2.24, 2.45) is 11.5 Å². The summed E-state index contributed by atoms with van der Waals surface area (Å²) in [4.78, 5) is 0. The Hall–Kier alpha value is -0.160. The molecule has 0 aromatic rings. The van der Waals surface area contributed by atoms with Gasteiger partial charge in [-0.15, -0.1) is 0 Å². The maximum absolute atomic E-state index is 9.10. The van der Waals surface area contributed by atoms with Crippen molar-refractivity contribution in [2.75, 3.05) is 0 Å². The second kappa shape index (κ2) is 3.88. The Labute approximate surface area is 61.2 Å². The SMILES string of the molecule is CCC(N)OC(N)(O)CC. The molecule has 2 unspecified atom stereocenters. The van der Waals surface area contributed by atoms with Gasteiger partial charge in [0.25, 0.3) is 0 Å². The zero-order valence-electron chi connectivity index (χ0n) is 6.50. The minimum absolute atomic E-state index is 0.334. The third-order valence-electron chi connectivity index (χ3n) is 1.26. The lowest BCUT2D eigenvalue weighted by Gasteiger charge is -2.24. The monoisotopic (exact) mass is 148 g/mol. The average molecular weight is 148 g/mol. The Morgan fingerprint density at radius 1 is 1.60 bits per heavy atom. The molecule has 0 saturated heterocycles. The minimum Gasteiger partial charge on any atom is -0.353 e. The van der Waals surface area contributed by atoms with Crippen LogP contribution in [0.2, 0.25) is 0 Å². The van der Waals surface area contributed by atoms with E-state index in [2.05, 4.69) is 0 Å². The Morgan fingerprint density at radius 2 is 2.10 bits per heavy atom. The van der Waals surface area contributed by atoms with Crippen LogP contribution in [0.1, 0.15) is 26.7 Å². The summed E-state index contributed by atoms with van der Waals surface area (Å²) in [5.41, 5.74) is 10.6. The fourth-order valence-electron chi connectivity index (χ4n) is 0.429. The van der Waals surface area contributed by atoms with E-state index >= 15 is 0 Å². The lowest BCUT2D eigenvalue weighted by atomic mass is 10.3. The van der Waals surface area contributed by atoms with E-state index in [-0.39, 0.29) is 0 Å². The van der Waals surface area contributed by atoms with E-state index in [1.165, 1.54) is 0 Å². The Balaban J connectivity index is 3.64. The summed E-state index contributed by atoms with van der Waals surface area (Å²) in [6, 6.07) is 0. The molecule has 0 rings (SSSR count). The van der Waals surface area contributed by atoms with Crippen LogP contribution in [0.15, 0.2) is 0 Å². The maximum Gasteiger partial charge on any atom is 0.223 e. The molecule has 0 aromatic carbocycles. The first kappa shape index (κ1) is 9.84. The highest BCUT2D eigenvalue weighted by Gasteiger charge is 2.21. The first-order chi connectivity index (χ1) is 4.52. The molecule has 0 fully saturated rings. The van der Waals surface area contributed by atoms with Crippen molar-refractivity contribution >= 4 is 0 Å². The molecule has 0 saturated carbocycles. The van der Waals surface area contributed by atoms with Crippen molar-refractivity contribution in [3.05, 3.63) is 0 Å². The summed E-state index contributed by atoms with van der Waals surface area (Å²) in [5, 5.41) is 9.10. The average Bonchev–Trinajstić information content (AvgIpc) is 1.87.